The lowest BCUT2D eigenvalue weighted by Crippen LogP contribution is -2.26. The number of carbonyl (C=O) groups excluding carboxylic acids is 1. The number of hydrogen-bond acceptors (Lipinski definition) is 6. The van der Waals surface area contributed by atoms with Crippen LogP contribution in [0.1, 0.15) is 63.5 Å². The number of anilines is 1. The highest BCUT2D eigenvalue weighted by Gasteiger charge is 2.20. The molecule has 1 amide bonds. The van der Waals surface area contributed by atoms with E-state index in [2.05, 4.69) is 68.1 Å². The molecule has 0 fully saturated rings. The molecule has 3 heterocycles. The minimum absolute atomic E-state index is 0.0480. The van der Waals surface area contributed by atoms with Gasteiger partial charge in [0.15, 0.2) is 5.65 Å². The predicted molar refractivity (Wildman–Crippen MR) is 133 cm³/mol. The number of carbonyl (C=O) groups is 1. The van der Waals surface area contributed by atoms with Crippen molar-refractivity contribution in [2.24, 2.45) is 0 Å². The summed E-state index contributed by atoms with van der Waals surface area (Å²) in [7, 11) is 1.71. The van der Waals surface area contributed by atoms with Gasteiger partial charge in [-0.3, -0.25) is 4.79 Å². The lowest BCUT2D eigenvalue weighted by Gasteiger charge is -2.17. The van der Waals surface area contributed by atoms with Crippen molar-refractivity contribution >= 4 is 22.9 Å². The molecule has 33 heavy (non-hydrogen) atoms. The Hall–Kier alpha value is -3.00. The van der Waals surface area contributed by atoms with Gasteiger partial charge in [-0.2, -0.15) is 0 Å². The van der Waals surface area contributed by atoms with Crippen LogP contribution in [0.2, 0.25) is 0 Å². The van der Waals surface area contributed by atoms with E-state index in [1.54, 1.807) is 7.11 Å². The van der Waals surface area contributed by atoms with Crippen LogP contribution in [0, 0.1) is 6.92 Å². The van der Waals surface area contributed by atoms with Gasteiger partial charge in [-0.1, -0.05) is 20.8 Å². The van der Waals surface area contributed by atoms with Crippen LogP contribution in [0.25, 0.3) is 22.4 Å². The van der Waals surface area contributed by atoms with Gasteiger partial charge in [-0.05, 0) is 43.9 Å². The Balaban J connectivity index is 2.10. The summed E-state index contributed by atoms with van der Waals surface area (Å²) < 4.78 is 7.51. The molecule has 3 aromatic heterocycles. The number of rotatable bonds is 10. The van der Waals surface area contributed by atoms with E-state index in [1.165, 1.54) is 6.92 Å². The number of hydrogen-bond donors (Lipinski definition) is 2. The fourth-order valence-corrected chi connectivity index (χ4v) is 3.90. The molecular formula is C25H36N6O2. The second-order valence-corrected chi connectivity index (χ2v) is 8.77. The summed E-state index contributed by atoms with van der Waals surface area (Å²) in [4.78, 5) is 26.3. The van der Waals surface area contributed by atoms with Gasteiger partial charge < -0.3 is 19.9 Å². The van der Waals surface area contributed by atoms with Crippen molar-refractivity contribution in [1.29, 1.82) is 0 Å². The third-order valence-electron chi connectivity index (χ3n) is 5.67. The molecule has 0 radical (unpaired) electrons. The Morgan fingerprint density at radius 2 is 1.91 bits per heavy atom. The minimum Gasteiger partial charge on any atom is -0.383 e. The van der Waals surface area contributed by atoms with Gasteiger partial charge in [0.25, 0.3) is 0 Å². The smallest absolute Gasteiger partial charge is 0.216 e. The molecular weight excluding hydrogens is 416 g/mol. The fraction of sp³-hybridized carbons (Fsp3) is 0.520. The highest BCUT2D eigenvalue weighted by molar-refractivity contribution is 5.83. The van der Waals surface area contributed by atoms with Crippen LogP contribution >= 0.6 is 0 Å². The number of nitrogens with zero attached hydrogens (tertiary/aromatic N) is 4. The van der Waals surface area contributed by atoms with Gasteiger partial charge in [0.2, 0.25) is 5.91 Å². The van der Waals surface area contributed by atoms with Gasteiger partial charge in [-0.25, -0.2) is 15.0 Å². The summed E-state index contributed by atoms with van der Waals surface area (Å²) in [5.74, 6) is 1.01. The van der Waals surface area contributed by atoms with E-state index < -0.39 is 0 Å². The molecule has 0 unspecified atom stereocenters. The van der Waals surface area contributed by atoms with Crippen LogP contribution in [0.15, 0.2) is 18.3 Å². The molecule has 8 heteroatoms. The molecule has 1 atom stereocenters. The normalized spacial score (nSPS) is 12.4. The number of ether oxygens (including phenoxy) is 1. The Morgan fingerprint density at radius 1 is 1.15 bits per heavy atom. The van der Waals surface area contributed by atoms with E-state index in [-0.39, 0.29) is 11.9 Å². The average Bonchev–Trinajstić information content (AvgIpc) is 3.11. The summed E-state index contributed by atoms with van der Waals surface area (Å²) in [5, 5.41) is 6.22. The van der Waals surface area contributed by atoms with Crippen molar-refractivity contribution in [2.75, 3.05) is 32.1 Å². The molecule has 0 aliphatic heterocycles. The summed E-state index contributed by atoms with van der Waals surface area (Å²) >= 11 is 0. The molecule has 0 aromatic carbocycles. The number of aryl methyl sites for hydroxylation is 2. The van der Waals surface area contributed by atoms with E-state index in [0.717, 1.165) is 51.6 Å². The molecule has 3 aromatic rings. The first-order valence-electron chi connectivity index (χ1n) is 11.6. The summed E-state index contributed by atoms with van der Waals surface area (Å²) in [6.45, 7) is 13.7. The number of methoxy groups -OCH3 is 1. The highest BCUT2D eigenvalue weighted by Crippen LogP contribution is 2.32. The maximum atomic E-state index is 11.2. The first-order chi connectivity index (χ1) is 15.8. The van der Waals surface area contributed by atoms with Crippen LogP contribution < -0.4 is 10.6 Å². The topological polar surface area (TPSA) is 94.0 Å². The predicted octanol–water partition coefficient (Wildman–Crippen LogP) is 4.24. The fourth-order valence-electron chi connectivity index (χ4n) is 3.90. The zero-order chi connectivity index (χ0) is 24.1. The lowest BCUT2D eigenvalue weighted by molar-refractivity contribution is -0.118. The summed E-state index contributed by atoms with van der Waals surface area (Å²) in [5.41, 5.74) is 6.54. The number of aromatic nitrogens is 4. The van der Waals surface area contributed by atoms with Crippen molar-refractivity contribution in [2.45, 2.75) is 59.9 Å². The molecule has 0 saturated heterocycles. The first-order valence-corrected chi connectivity index (χ1v) is 11.6. The van der Waals surface area contributed by atoms with E-state index in [9.17, 15) is 4.79 Å². The largest absolute Gasteiger partial charge is 0.383 e. The number of nitrogens with one attached hydrogen (secondary N) is 2. The molecule has 0 bridgehead atoms. The molecule has 0 spiro atoms. The van der Waals surface area contributed by atoms with Crippen LogP contribution in [0.4, 0.5) is 5.82 Å². The molecule has 3 rings (SSSR count). The number of pyridine rings is 1. The monoisotopic (exact) mass is 452 g/mol. The molecule has 0 aliphatic carbocycles. The molecule has 2 N–H and O–H groups in total. The van der Waals surface area contributed by atoms with Gasteiger partial charge in [0, 0.05) is 44.6 Å². The first kappa shape index (κ1) is 24.6. The second-order valence-electron chi connectivity index (χ2n) is 8.77. The summed E-state index contributed by atoms with van der Waals surface area (Å²) in [6.07, 6.45) is 2.85. The standard InChI is InChI=1S/C25H36N6O2/c1-8-20-23(30-22-16(4)13-31(25(22)29-20)17(5)14-33-7)19-9-10-21(15(2)3)28-24(19)27-12-11-26-18(6)32/h9-10,13,15,17H,8,11-12,14H2,1-7H3,(H,26,32)(H,27,28)/t17-/m0/s1. The van der Waals surface area contributed by atoms with Crippen molar-refractivity contribution in [3.8, 4) is 11.3 Å². The zero-order valence-electron chi connectivity index (χ0n) is 20.8. The number of fused-ring (bicyclic) bond motifs is 1. The Kier molecular flexibility index (Phi) is 8.02. The van der Waals surface area contributed by atoms with Crippen LogP contribution in [-0.2, 0) is 16.0 Å². The Bertz CT molecular complexity index is 1120. The van der Waals surface area contributed by atoms with Crippen LogP contribution in [0.5, 0.6) is 0 Å². The van der Waals surface area contributed by atoms with Crippen molar-refractivity contribution in [3.05, 3.63) is 35.3 Å². The van der Waals surface area contributed by atoms with Gasteiger partial charge in [-0.15, -0.1) is 0 Å². The van der Waals surface area contributed by atoms with E-state index in [4.69, 9.17) is 19.7 Å². The quantitative estimate of drug-likeness (QED) is 0.447. The van der Waals surface area contributed by atoms with Crippen LogP contribution in [0.3, 0.4) is 0 Å². The third-order valence-corrected chi connectivity index (χ3v) is 5.67. The molecule has 8 nitrogen and oxygen atoms in total. The third kappa shape index (κ3) is 5.50. The van der Waals surface area contributed by atoms with Crippen molar-refractivity contribution in [3.63, 3.8) is 0 Å². The number of amides is 1. The van der Waals surface area contributed by atoms with Crippen molar-refractivity contribution < 1.29 is 9.53 Å². The zero-order valence-corrected chi connectivity index (χ0v) is 20.8. The molecule has 178 valence electrons. The van der Waals surface area contributed by atoms with Gasteiger partial charge in [0.1, 0.15) is 11.3 Å². The van der Waals surface area contributed by atoms with Gasteiger partial charge >= 0.3 is 0 Å². The molecule has 0 aliphatic rings. The van der Waals surface area contributed by atoms with Gasteiger partial charge in [0.05, 0.1) is 24.0 Å². The minimum atomic E-state index is -0.0480. The second kappa shape index (κ2) is 10.7. The summed E-state index contributed by atoms with van der Waals surface area (Å²) in [6, 6.07) is 4.30. The average molecular weight is 453 g/mol. The Labute approximate surface area is 196 Å². The SMILES string of the molecule is CCc1nc2c(nc1-c1ccc(C(C)C)nc1NCCNC(C)=O)c(C)cn2[C@@H](C)COC. The van der Waals surface area contributed by atoms with E-state index in [0.29, 0.717) is 25.6 Å². The van der Waals surface area contributed by atoms with Crippen molar-refractivity contribution in [1.82, 2.24) is 24.8 Å². The van der Waals surface area contributed by atoms with E-state index >= 15 is 0 Å². The van der Waals surface area contributed by atoms with E-state index in [1.807, 2.05) is 0 Å². The maximum absolute atomic E-state index is 11.2. The van der Waals surface area contributed by atoms with Crippen LogP contribution in [-0.4, -0.2) is 52.2 Å². The molecule has 0 saturated carbocycles. The Morgan fingerprint density at radius 3 is 2.55 bits per heavy atom. The maximum Gasteiger partial charge on any atom is 0.216 e. The highest BCUT2D eigenvalue weighted by atomic mass is 16.5. The lowest BCUT2D eigenvalue weighted by atomic mass is 10.0.